The second-order valence-corrected chi connectivity index (χ2v) is 7.15. The number of hydrazine groups is 1. The molecule has 0 aliphatic carbocycles. The number of halogens is 2. The third-order valence-corrected chi connectivity index (χ3v) is 5.18. The summed E-state index contributed by atoms with van der Waals surface area (Å²) in [5, 5.41) is 15.4. The van der Waals surface area contributed by atoms with Crippen molar-refractivity contribution in [2.24, 2.45) is 5.92 Å². The topological polar surface area (TPSA) is 94.8 Å². The smallest absolute Gasteiger partial charge is 0.246 e. The first-order valence-corrected chi connectivity index (χ1v) is 8.96. The number of aliphatic hydroxyl groups is 1. The van der Waals surface area contributed by atoms with Crippen LogP contribution in [0.1, 0.15) is 11.9 Å². The molecule has 2 aromatic rings. The Kier molecular flexibility index (Phi) is 4.69. The standard InChI is InChI=1S/C18H15Cl2N3O4/c19-9-3-5-12(11(20)8-9)22-23-13(16(24)14-2-1-7-27-14)6-4-10-15(23)18(26)21-17(10)25/h1-8,10,13,15-16,22,24H,(H,21,25,26). The molecule has 27 heavy (non-hydrogen) atoms. The second kappa shape index (κ2) is 7.01. The molecule has 7 nitrogen and oxygen atoms in total. The molecular formula is C18H15Cl2N3O4. The fraction of sp³-hybridized carbons (Fsp3) is 0.222. The van der Waals surface area contributed by atoms with E-state index in [4.69, 9.17) is 27.6 Å². The van der Waals surface area contributed by atoms with Crippen LogP contribution in [0.3, 0.4) is 0 Å². The van der Waals surface area contributed by atoms with Crippen molar-refractivity contribution in [3.63, 3.8) is 0 Å². The van der Waals surface area contributed by atoms with Gasteiger partial charge >= 0.3 is 0 Å². The predicted octanol–water partition coefficient (Wildman–Crippen LogP) is 2.53. The van der Waals surface area contributed by atoms with Crippen LogP contribution < -0.4 is 10.7 Å². The number of aliphatic hydroxyl groups excluding tert-OH is 1. The van der Waals surface area contributed by atoms with Crippen molar-refractivity contribution >= 4 is 40.7 Å². The Balaban J connectivity index is 1.72. The highest BCUT2D eigenvalue weighted by Gasteiger charge is 2.50. The van der Waals surface area contributed by atoms with Gasteiger partial charge in [-0.1, -0.05) is 35.4 Å². The van der Waals surface area contributed by atoms with Crippen LogP contribution in [0.25, 0.3) is 0 Å². The van der Waals surface area contributed by atoms with E-state index in [1.165, 1.54) is 11.3 Å². The molecule has 2 aliphatic rings. The van der Waals surface area contributed by atoms with Gasteiger partial charge in [0, 0.05) is 5.02 Å². The zero-order valence-corrected chi connectivity index (χ0v) is 15.3. The lowest BCUT2D eigenvalue weighted by Crippen LogP contribution is -2.55. The van der Waals surface area contributed by atoms with Gasteiger partial charge in [-0.25, -0.2) is 5.01 Å². The Morgan fingerprint density at radius 1 is 1.19 bits per heavy atom. The van der Waals surface area contributed by atoms with Crippen molar-refractivity contribution in [3.05, 3.63) is 64.6 Å². The fourth-order valence-corrected chi connectivity index (χ4v) is 3.79. The van der Waals surface area contributed by atoms with Crippen molar-refractivity contribution in [2.45, 2.75) is 18.2 Å². The largest absolute Gasteiger partial charge is 0.467 e. The van der Waals surface area contributed by atoms with E-state index in [0.717, 1.165) is 0 Å². The Morgan fingerprint density at radius 2 is 2.00 bits per heavy atom. The number of anilines is 1. The average Bonchev–Trinajstić information content (AvgIpc) is 3.26. The minimum atomic E-state index is -1.07. The van der Waals surface area contributed by atoms with Crippen LogP contribution in [0.15, 0.2) is 53.2 Å². The number of furan rings is 1. The van der Waals surface area contributed by atoms with Gasteiger partial charge in [-0.15, -0.1) is 0 Å². The number of rotatable bonds is 4. The van der Waals surface area contributed by atoms with Gasteiger partial charge in [0.05, 0.1) is 28.9 Å². The van der Waals surface area contributed by atoms with Crippen LogP contribution in [0.5, 0.6) is 0 Å². The number of nitrogens with zero attached hydrogens (tertiary/aromatic N) is 1. The Hall–Kier alpha value is -2.32. The molecule has 1 aromatic heterocycles. The SMILES string of the molecule is O=C1NC(=O)C2C1C=CC(C(O)c1ccco1)N2Nc1ccc(Cl)cc1Cl. The maximum Gasteiger partial charge on any atom is 0.246 e. The summed E-state index contributed by atoms with van der Waals surface area (Å²) in [6.45, 7) is 0. The Morgan fingerprint density at radius 3 is 2.70 bits per heavy atom. The molecule has 1 aromatic carbocycles. The minimum Gasteiger partial charge on any atom is -0.467 e. The van der Waals surface area contributed by atoms with Gasteiger partial charge in [0.15, 0.2) is 0 Å². The number of benzene rings is 1. The lowest BCUT2D eigenvalue weighted by atomic mass is 9.92. The first kappa shape index (κ1) is 18.1. The summed E-state index contributed by atoms with van der Waals surface area (Å²) in [4.78, 5) is 24.5. The zero-order chi connectivity index (χ0) is 19.1. The summed E-state index contributed by atoms with van der Waals surface area (Å²) in [7, 11) is 0. The molecule has 0 saturated carbocycles. The molecule has 0 bridgehead atoms. The Bertz CT molecular complexity index is 915. The number of carbonyl (C=O) groups is 2. The summed E-state index contributed by atoms with van der Waals surface area (Å²) < 4.78 is 5.30. The second-order valence-electron chi connectivity index (χ2n) is 6.30. The molecule has 4 atom stereocenters. The van der Waals surface area contributed by atoms with Gasteiger partial charge in [0.2, 0.25) is 11.8 Å². The van der Waals surface area contributed by atoms with Crippen LogP contribution in [-0.2, 0) is 9.59 Å². The normalized spacial score (nSPS) is 26.0. The van der Waals surface area contributed by atoms with Gasteiger partial charge < -0.3 is 14.9 Å². The molecule has 1 fully saturated rings. The van der Waals surface area contributed by atoms with Crippen LogP contribution in [0.2, 0.25) is 10.0 Å². The molecule has 4 unspecified atom stereocenters. The van der Waals surface area contributed by atoms with E-state index in [9.17, 15) is 14.7 Å². The monoisotopic (exact) mass is 407 g/mol. The third kappa shape index (κ3) is 3.23. The number of fused-ring (bicyclic) bond motifs is 1. The molecule has 9 heteroatoms. The predicted molar refractivity (Wildman–Crippen MR) is 98.9 cm³/mol. The number of hydrogen-bond donors (Lipinski definition) is 3. The van der Waals surface area contributed by atoms with E-state index < -0.39 is 30.0 Å². The van der Waals surface area contributed by atoms with Crippen molar-refractivity contribution in [2.75, 3.05) is 5.43 Å². The summed E-state index contributed by atoms with van der Waals surface area (Å²) in [6, 6.07) is 6.63. The maximum absolute atomic E-state index is 12.4. The first-order valence-electron chi connectivity index (χ1n) is 8.20. The minimum absolute atomic E-state index is 0.335. The Labute approximate surface area is 164 Å². The van der Waals surface area contributed by atoms with Gasteiger partial charge in [-0.05, 0) is 30.3 Å². The molecule has 0 spiro atoms. The first-order chi connectivity index (χ1) is 13.0. The summed E-state index contributed by atoms with van der Waals surface area (Å²) in [5.74, 6) is -1.18. The summed E-state index contributed by atoms with van der Waals surface area (Å²) in [5.41, 5.74) is 3.55. The van der Waals surface area contributed by atoms with Crippen LogP contribution >= 0.6 is 23.2 Å². The van der Waals surface area contributed by atoms with Crippen molar-refractivity contribution < 1.29 is 19.1 Å². The zero-order valence-electron chi connectivity index (χ0n) is 13.8. The van der Waals surface area contributed by atoms with E-state index in [-0.39, 0.29) is 5.91 Å². The molecule has 2 amide bonds. The lowest BCUT2D eigenvalue weighted by molar-refractivity contribution is -0.126. The molecule has 4 rings (SSSR count). The van der Waals surface area contributed by atoms with E-state index in [0.29, 0.717) is 21.5 Å². The third-order valence-electron chi connectivity index (χ3n) is 4.63. The molecule has 3 N–H and O–H groups in total. The molecule has 3 heterocycles. The van der Waals surface area contributed by atoms with E-state index in [1.807, 2.05) is 0 Å². The van der Waals surface area contributed by atoms with Crippen LogP contribution in [0.4, 0.5) is 5.69 Å². The highest BCUT2D eigenvalue weighted by molar-refractivity contribution is 6.36. The maximum atomic E-state index is 12.4. The molecule has 140 valence electrons. The summed E-state index contributed by atoms with van der Waals surface area (Å²) >= 11 is 12.2. The summed E-state index contributed by atoms with van der Waals surface area (Å²) in [6.07, 6.45) is 3.68. The van der Waals surface area contributed by atoms with Gasteiger partial charge in [0.25, 0.3) is 0 Å². The fourth-order valence-electron chi connectivity index (χ4n) is 3.34. The highest BCUT2D eigenvalue weighted by atomic mass is 35.5. The van der Waals surface area contributed by atoms with E-state index in [2.05, 4.69) is 10.7 Å². The van der Waals surface area contributed by atoms with Gasteiger partial charge in [0.1, 0.15) is 17.9 Å². The van der Waals surface area contributed by atoms with Gasteiger partial charge in [-0.2, -0.15) is 0 Å². The number of hydrogen-bond acceptors (Lipinski definition) is 6. The van der Waals surface area contributed by atoms with Crippen molar-refractivity contribution in [3.8, 4) is 0 Å². The quantitative estimate of drug-likeness (QED) is 0.532. The van der Waals surface area contributed by atoms with Crippen LogP contribution in [0, 0.1) is 5.92 Å². The molecule has 1 saturated heterocycles. The number of amides is 2. The van der Waals surface area contributed by atoms with E-state index in [1.54, 1.807) is 42.5 Å². The average molecular weight is 408 g/mol. The van der Waals surface area contributed by atoms with Gasteiger partial charge in [-0.3, -0.25) is 14.9 Å². The molecular weight excluding hydrogens is 393 g/mol. The lowest BCUT2D eigenvalue weighted by Gasteiger charge is -2.40. The van der Waals surface area contributed by atoms with E-state index >= 15 is 0 Å². The van der Waals surface area contributed by atoms with Crippen LogP contribution in [-0.4, -0.2) is 34.0 Å². The van der Waals surface area contributed by atoms with Crippen molar-refractivity contribution in [1.82, 2.24) is 10.3 Å². The number of carbonyl (C=O) groups excluding carboxylic acids is 2. The molecule has 2 aliphatic heterocycles. The highest BCUT2D eigenvalue weighted by Crippen LogP contribution is 2.35. The number of nitrogens with one attached hydrogen (secondary N) is 2. The number of imide groups is 1. The van der Waals surface area contributed by atoms with Crippen molar-refractivity contribution in [1.29, 1.82) is 0 Å². The molecule has 0 radical (unpaired) electrons.